The number of anilines is 2. The van der Waals surface area contributed by atoms with Gasteiger partial charge in [0.25, 0.3) is 5.91 Å². The Bertz CT molecular complexity index is 421. The second-order valence-corrected chi connectivity index (χ2v) is 4.09. The van der Waals surface area contributed by atoms with E-state index < -0.39 is 0 Å². The molecular formula is C10H14N4OS. The minimum atomic E-state index is -0.274. The SMILES string of the molecule is C#CCNC(=O)c1sc(N(C)CC)nc1N. The number of carbonyl (C=O) groups excluding carboxylic acids is 1. The average molecular weight is 238 g/mol. The molecule has 0 saturated heterocycles. The highest BCUT2D eigenvalue weighted by atomic mass is 32.1. The van der Waals surface area contributed by atoms with Crippen LogP contribution < -0.4 is 16.0 Å². The largest absolute Gasteiger partial charge is 0.382 e. The quantitative estimate of drug-likeness (QED) is 0.751. The van der Waals surface area contributed by atoms with Crippen molar-refractivity contribution >= 4 is 28.2 Å². The number of aromatic nitrogens is 1. The number of thiazole rings is 1. The van der Waals surface area contributed by atoms with Crippen molar-refractivity contribution < 1.29 is 4.79 Å². The lowest BCUT2D eigenvalue weighted by molar-refractivity contribution is 0.0963. The Labute approximate surface area is 98.7 Å². The molecule has 5 nitrogen and oxygen atoms in total. The van der Waals surface area contributed by atoms with Crippen LogP contribution in [0.25, 0.3) is 0 Å². The molecule has 3 N–H and O–H groups in total. The van der Waals surface area contributed by atoms with Gasteiger partial charge in [-0.05, 0) is 6.92 Å². The second-order valence-electron chi connectivity index (χ2n) is 3.11. The minimum Gasteiger partial charge on any atom is -0.382 e. The molecule has 0 bridgehead atoms. The number of nitrogens with zero attached hydrogens (tertiary/aromatic N) is 2. The number of nitrogen functional groups attached to an aromatic ring is 1. The van der Waals surface area contributed by atoms with Crippen LogP contribution >= 0.6 is 11.3 Å². The van der Waals surface area contributed by atoms with Gasteiger partial charge in [-0.2, -0.15) is 0 Å². The smallest absolute Gasteiger partial charge is 0.266 e. The van der Waals surface area contributed by atoms with E-state index in [1.54, 1.807) is 0 Å². The van der Waals surface area contributed by atoms with Gasteiger partial charge in [-0.15, -0.1) is 6.42 Å². The van der Waals surface area contributed by atoms with Crippen molar-refractivity contribution in [1.82, 2.24) is 10.3 Å². The van der Waals surface area contributed by atoms with Gasteiger partial charge in [-0.25, -0.2) is 4.98 Å². The first-order chi connectivity index (χ1) is 7.60. The molecule has 0 radical (unpaired) electrons. The van der Waals surface area contributed by atoms with Crippen LogP contribution in [0.1, 0.15) is 16.6 Å². The lowest BCUT2D eigenvalue weighted by atomic mass is 10.4. The summed E-state index contributed by atoms with van der Waals surface area (Å²) in [5, 5.41) is 3.28. The second kappa shape index (κ2) is 5.37. The van der Waals surface area contributed by atoms with Crippen molar-refractivity contribution in [2.75, 3.05) is 30.8 Å². The molecule has 1 heterocycles. The van der Waals surface area contributed by atoms with E-state index in [1.807, 2.05) is 18.9 Å². The molecule has 16 heavy (non-hydrogen) atoms. The minimum absolute atomic E-state index is 0.190. The molecule has 1 rings (SSSR count). The van der Waals surface area contributed by atoms with Crippen molar-refractivity contribution in [3.8, 4) is 12.3 Å². The van der Waals surface area contributed by atoms with Crippen LogP contribution in [0, 0.1) is 12.3 Å². The van der Waals surface area contributed by atoms with Gasteiger partial charge in [0.1, 0.15) is 10.7 Å². The molecule has 0 fully saturated rings. The standard InChI is InChI=1S/C10H14N4OS/c1-4-6-12-9(15)7-8(11)13-10(16-7)14(3)5-2/h1H,5-6,11H2,2-3H3,(H,12,15). The van der Waals surface area contributed by atoms with Crippen LogP contribution in [0.5, 0.6) is 0 Å². The number of rotatable bonds is 4. The van der Waals surface area contributed by atoms with Gasteiger partial charge >= 0.3 is 0 Å². The number of hydrogen-bond donors (Lipinski definition) is 2. The predicted octanol–water partition coefficient (Wildman–Crippen LogP) is 0.544. The number of terminal acetylenes is 1. The fourth-order valence-corrected chi connectivity index (χ4v) is 1.92. The van der Waals surface area contributed by atoms with Crippen molar-refractivity contribution in [3.63, 3.8) is 0 Å². The van der Waals surface area contributed by atoms with Crippen LogP contribution in [-0.4, -0.2) is 31.0 Å². The van der Waals surface area contributed by atoms with E-state index in [0.29, 0.717) is 4.88 Å². The van der Waals surface area contributed by atoms with Crippen LogP contribution in [0.15, 0.2) is 0 Å². The molecular weight excluding hydrogens is 224 g/mol. The number of amides is 1. The molecule has 0 spiro atoms. The first-order valence-corrected chi connectivity index (χ1v) is 5.60. The van der Waals surface area contributed by atoms with E-state index >= 15 is 0 Å². The van der Waals surface area contributed by atoms with Crippen LogP contribution in [0.4, 0.5) is 10.9 Å². The zero-order valence-electron chi connectivity index (χ0n) is 9.28. The van der Waals surface area contributed by atoms with Gasteiger partial charge in [0.15, 0.2) is 5.13 Å². The molecule has 0 aliphatic rings. The lowest BCUT2D eigenvalue weighted by Gasteiger charge is -2.10. The van der Waals surface area contributed by atoms with E-state index in [4.69, 9.17) is 12.2 Å². The maximum absolute atomic E-state index is 11.6. The number of hydrogen-bond acceptors (Lipinski definition) is 5. The zero-order chi connectivity index (χ0) is 12.1. The summed E-state index contributed by atoms with van der Waals surface area (Å²) in [5.41, 5.74) is 5.67. The highest BCUT2D eigenvalue weighted by Gasteiger charge is 2.16. The molecule has 86 valence electrons. The third kappa shape index (κ3) is 2.64. The van der Waals surface area contributed by atoms with E-state index in [2.05, 4.69) is 16.2 Å². The summed E-state index contributed by atoms with van der Waals surface area (Å²) in [7, 11) is 1.89. The maximum Gasteiger partial charge on any atom is 0.266 e. The molecule has 0 saturated carbocycles. The molecule has 6 heteroatoms. The fourth-order valence-electron chi connectivity index (χ4n) is 0.993. The summed E-state index contributed by atoms with van der Waals surface area (Å²) in [6.45, 7) is 2.99. The third-order valence-corrected chi connectivity index (χ3v) is 3.18. The van der Waals surface area contributed by atoms with E-state index in [9.17, 15) is 4.79 Å². The van der Waals surface area contributed by atoms with E-state index in [0.717, 1.165) is 11.7 Å². The average Bonchev–Trinajstić information content (AvgIpc) is 2.67. The third-order valence-electron chi connectivity index (χ3n) is 2.00. The summed E-state index contributed by atoms with van der Waals surface area (Å²) < 4.78 is 0. The molecule has 0 atom stereocenters. The summed E-state index contributed by atoms with van der Waals surface area (Å²) in [4.78, 5) is 18.1. The summed E-state index contributed by atoms with van der Waals surface area (Å²) in [5.74, 6) is 2.30. The predicted molar refractivity (Wildman–Crippen MR) is 66.6 cm³/mol. The number of nitrogens with two attached hydrogens (primary N) is 1. The van der Waals surface area contributed by atoms with Gasteiger partial charge in [-0.3, -0.25) is 4.79 Å². The van der Waals surface area contributed by atoms with Gasteiger partial charge in [0.05, 0.1) is 6.54 Å². The van der Waals surface area contributed by atoms with E-state index in [1.165, 1.54) is 11.3 Å². The number of nitrogens with one attached hydrogen (secondary N) is 1. The summed E-state index contributed by atoms with van der Waals surface area (Å²) >= 11 is 1.26. The Kier molecular flexibility index (Phi) is 4.14. The van der Waals surface area contributed by atoms with Crippen molar-refractivity contribution in [1.29, 1.82) is 0 Å². The van der Waals surface area contributed by atoms with Crippen molar-refractivity contribution in [3.05, 3.63) is 4.88 Å². The molecule has 0 aromatic carbocycles. The molecule has 0 aliphatic heterocycles. The first kappa shape index (κ1) is 12.3. The summed E-state index contributed by atoms with van der Waals surface area (Å²) in [6, 6.07) is 0. The Hall–Kier alpha value is -1.74. The highest BCUT2D eigenvalue weighted by molar-refractivity contribution is 7.18. The van der Waals surface area contributed by atoms with Gasteiger partial charge in [0.2, 0.25) is 0 Å². The molecule has 1 amide bonds. The van der Waals surface area contributed by atoms with Crippen molar-refractivity contribution in [2.24, 2.45) is 0 Å². The molecule has 0 unspecified atom stereocenters. The molecule has 1 aromatic heterocycles. The normalized spacial score (nSPS) is 9.56. The number of carbonyl (C=O) groups is 1. The van der Waals surface area contributed by atoms with Crippen molar-refractivity contribution in [2.45, 2.75) is 6.92 Å². The fraction of sp³-hybridized carbons (Fsp3) is 0.400. The first-order valence-electron chi connectivity index (χ1n) is 4.79. The van der Waals surface area contributed by atoms with Gasteiger partial charge in [-0.1, -0.05) is 17.3 Å². The van der Waals surface area contributed by atoms with Gasteiger partial charge in [0, 0.05) is 13.6 Å². The Morgan fingerprint density at radius 1 is 1.75 bits per heavy atom. The van der Waals surface area contributed by atoms with Crippen LogP contribution in [0.2, 0.25) is 0 Å². The van der Waals surface area contributed by atoms with E-state index in [-0.39, 0.29) is 18.3 Å². The topological polar surface area (TPSA) is 71.2 Å². The molecule has 0 aliphatic carbocycles. The molecule has 1 aromatic rings. The van der Waals surface area contributed by atoms with Crippen LogP contribution in [0.3, 0.4) is 0 Å². The Morgan fingerprint density at radius 3 is 3.00 bits per heavy atom. The lowest BCUT2D eigenvalue weighted by Crippen LogP contribution is -2.23. The van der Waals surface area contributed by atoms with Gasteiger partial charge < -0.3 is 16.0 Å². The monoisotopic (exact) mass is 238 g/mol. The maximum atomic E-state index is 11.6. The Morgan fingerprint density at radius 2 is 2.44 bits per heavy atom. The Balaban J connectivity index is 2.85. The highest BCUT2D eigenvalue weighted by Crippen LogP contribution is 2.26. The zero-order valence-corrected chi connectivity index (χ0v) is 10.1. The summed E-state index contributed by atoms with van der Waals surface area (Å²) in [6.07, 6.45) is 5.05. The van der Waals surface area contributed by atoms with Crippen LogP contribution in [-0.2, 0) is 0 Å².